The Morgan fingerprint density at radius 1 is 1.24 bits per heavy atom. The minimum absolute atomic E-state index is 0.201. The standard InChI is InChI=1S/C13H17F4NO2S/c1-9(2)7-18(8-13(15,16)17)21(19,20)12-6-11(14)5-4-10(12)3/h4-6,9H,7-8H2,1-3H3. The fourth-order valence-corrected chi connectivity index (χ4v) is 3.67. The van der Waals surface area contributed by atoms with Crippen LogP contribution in [0.3, 0.4) is 0 Å². The van der Waals surface area contributed by atoms with E-state index in [1.165, 1.54) is 13.0 Å². The van der Waals surface area contributed by atoms with Crippen molar-refractivity contribution in [2.24, 2.45) is 5.92 Å². The van der Waals surface area contributed by atoms with E-state index in [-0.39, 0.29) is 18.0 Å². The van der Waals surface area contributed by atoms with Crippen molar-refractivity contribution in [1.29, 1.82) is 0 Å². The van der Waals surface area contributed by atoms with Gasteiger partial charge in [-0.05, 0) is 30.5 Å². The fraction of sp³-hybridized carbons (Fsp3) is 0.538. The molecule has 8 heteroatoms. The van der Waals surface area contributed by atoms with E-state index in [0.717, 1.165) is 12.1 Å². The average Bonchev–Trinajstić information content (AvgIpc) is 2.29. The lowest BCUT2D eigenvalue weighted by atomic mass is 10.2. The Morgan fingerprint density at radius 3 is 2.29 bits per heavy atom. The van der Waals surface area contributed by atoms with Crippen LogP contribution in [-0.4, -0.2) is 32.0 Å². The number of rotatable bonds is 5. The van der Waals surface area contributed by atoms with Crippen molar-refractivity contribution >= 4 is 10.0 Å². The van der Waals surface area contributed by atoms with Gasteiger partial charge in [-0.25, -0.2) is 12.8 Å². The van der Waals surface area contributed by atoms with Crippen LogP contribution in [0, 0.1) is 18.7 Å². The van der Waals surface area contributed by atoms with Crippen LogP contribution in [0.2, 0.25) is 0 Å². The summed E-state index contributed by atoms with van der Waals surface area (Å²) in [5.41, 5.74) is 0.201. The number of benzene rings is 1. The molecule has 3 nitrogen and oxygen atoms in total. The molecule has 0 radical (unpaired) electrons. The smallest absolute Gasteiger partial charge is 0.207 e. The first-order valence-corrected chi connectivity index (χ1v) is 7.70. The van der Waals surface area contributed by atoms with Crippen LogP contribution in [0.1, 0.15) is 19.4 Å². The highest BCUT2D eigenvalue weighted by atomic mass is 32.2. The van der Waals surface area contributed by atoms with Crippen LogP contribution in [0.25, 0.3) is 0 Å². The highest BCUT2D eigenvalue weighted by Gasteiger charge is 2.37. The summed E-state index contributed by atoms with van der Waals surface area (Å²) in [7, 11) is -4.41. The zero-order valence-electron chi connectivity index (χ0n) is 11.9. The molecular formula is C13H17F4NO2S. The van der Waals surface area contributed by atoms with Gasteiger partial charge >= 0.3 is 6.18 Å². The van der Waals surface area contributed by atoms with Crippen LogP contribution >= 0.6 is 0 Å². The predicted octanol–water partition coefficient (Wildman–Crippen LogP) is 3.34. The quantitative estimate of drug-likeness (QED) is 0.778. The molecule has 21 heavy (non-hydrogen) atoms. The highest BCUT2D eigenvalue weighted by Crippen LogP contribution is 2.26. The van der Waals surface area contributed by atoms with E-state index in [0.29, 0.717) is 4.31 Å². The molecule has 0 saturated heterocycles. The van der Waals surface area contributed by atoms with Crippen LogP contribution in [0.4, 0.5) is 17.6 Å². The SMILES string of the molecule is Cc1ccc(F)cc1S(=O)(=O)N(CC(C)C)CC(F)(F)F. The van der Waals surface area contributed by atoms with Crippen molar-refractivity contribution in [3.63, 3.8) is 0 Å². The van der Waals surface area contributed by atoms with Crippen molar-refractivity contribution in [3.8, 4) is 0 Å². The van der Waals surface area contributed by atoms with Gasteiger partial charge in [0, 0.05) is 6.54 Å². The first kappa shape index (κ1) is 17.9. The molecule has 0 spiro atoms. The molecule has 1 aromatic carbocycles. The molecule has 0 aliphatic heterocycles. The molecule has 0 fully saturated rings. The maximum absolute atomic E-state index is 13.2. The van der Waals surface area contributed by atoms with Crippen LogP contribution in [-0.2, 0) is 10.0 Å². The molecule has 0 saturated carbocycles. The zero-order valence-corrected chi connectivity index (χ0v) is 12.7. The largest absolute Gasteiger partial charge is 0.402 e. The molecule has 120 valence electrons. The number of alkyl halides is 3. The molecule has 1 aromatic rings. The number of nitrogens with zero attached hydrogens (tertiary/aromatic N) is 1. The lowest BCUT2D eigenvalue weighted by Crippen LogP contribution is -2.41. The third kappa shape index (κ3) is 4.96. The summed E-state index contributed by atoms with van der Waals surface area (Å²) in [5, 5.41) is 0. The second-order valence-electron chi connectivity index (χ2n) is 5.22. The molecular weight excluding hydrogens is 310 g/mol. The van der Waals surface area contributed by atoms with Crippen molar-refractivity contribution in [2.45, 2.75) is 31.8 Å². The van der Waals surface area contributed by atoms with Gasteiger partial charge in [-0.1, -0.05) is 19.9 Å². The minimum atomic E-state index is -4.66. The lowest BCUT2D eigenvalue weighted by Gasteiger charge is -2.25. The number of hydrogen-bond acceptors (Lipinski definition) is 2. The van der Waals surface area contributed by atoms with Gasteiger partial charge in [0.05, 0.1) is 4.90 Å². The summed E-state index contributed by atoms with van der Waals surface area (Å²) < 4.78 is 76.1. The molecule has 0 atom stereocenters. The van der Waals surface area contributed by atoms with Crippen molar-refractivity contribution in [3.05, 3.63) is 29.6 Å². The number of halogens is 4. The molecule has 0 heterocycles. The second kappa shape index (κ2) is 6.31. The summed E-state index contributed by atoms with van der Waals surface area (Å²) in [5.74, 6) is -1.10. The maximum atomic E-state index is 13.2. The number of aryl methyl sites for hydroxylation is 1. The Bertz CT molecular complexity index is 597. The molecule has 0 N–H and O–H groups in total. The summed E-state index contributed by atoms with van der Waals surface area (Å²) >= 11 is 0. The topological polar surface area (TPSA) is 37.4 Å². The van der Waals surface area contributed by atoms with E-state index in [1.807, 2.05) is 0 Å². The summed E-state index contributed by atoms with van der Waals surface area (Å²) in [6.45, 7) is 2.74. The van der Waals surface area contributed by atoms with E-state index < -0.39 is 33.5 Å². The Morgan fingerprint density at radius 2 is 1.81 bits per heavy atom. The first-order valence-electron chi connectivity index (χ1n) is 6.26. The van der Waals surface area contributed by atoms with E-state index >= 15 is 0 Å². The average molecular weight is 327 g/mol. The predicted molar refractivity (Wildman–Crippen MR) is 70.8 cm³/mol. The van der Waals surface area contributed by atoms with Gasteiger partial charge in [-0.15, -0.1) is 0 Å². The van der Waals surface area contributed by atoms with Crippen LogP contribution in [0.15, 0.2) is 23.1 Å². The van der Waals surface area contributed by atoms with Crippen LogP contribution < -0.4 is 0 Å². The summed E-state index contributed by atoms with van der Waals surface area (Å²) in [6, 6.07) is 3.03. The van der Waals surface area contributed by atoms with Gasteiger partial charge in [0.15, 0.2) is 0 Å². The maximum Gasteiger partial charge on any atom is 0.402 e. The van der Waals surface area contributed by atoms with E-state index in [2.05, 4.69) is 0 Å². The highest BCUT2D eigenvalue weighted by molar-refractivity contribution is 7.89. The Hall–Kier alpha value is -1.15. The van der Waals surface area contributed by atoms with Gasteiger partial charge < -0.3 is 0 Å². The van der Waals surface area contributed by atoms with E-state index in [4.69, 9.17) is 0 Å². The van der Waals surface area contributed by atoms with Crippen molar-refractivity contribution < 1.29 is 26.0 Å². The third-order valence-electron chi connectivity index (χ3n) is 2.69. The Labute approximate surface area is 121 Å². The lowest BCUT2D eigenvalue weighted by molar-refractivity contribution is -0.136. The zero-order chi connectivity index (χ0) is 16.4. The molecule has 0 amide bonds. The summed E-state index contributed by atoms with van der Waals surface area (Å²) in [4.78, 5) is -0.438. The molecule has 0 unspecified atom stereocenters. The van der Waals surface area contributed by atoms with Gasteiger partial charge in [-0.3, -0.25) is 0 Å². The number of sulfonamides is 1. The first-order chi connectivity index (χ1) is 9.43. The molecule has 0 aliphatic rings. The van der Waals surface area contributed by atoms with E-state index in [9.17, 15) is 26.0 Å². The third-order valence-corrected chi connectivity index (χ3v) is 4.65. The van der Waals surface area contributed by atoms with Crippen LogP contribution in [0.5, 0.6) is 0 Å². The fourth-order valence-electron chi connectivity index (χ4n) is 1.85. The van der Waals surface area contributed by atoms with Gasteiger partial charge in [0.2, 0.25) is 10.0 Å². The Balaban J connectivity index is 3.29. The summed E-state index contributed by atoms with van der Waals surface area (Å²) in [6.07, 6.45) is -4.66. The normalized spacial score (nSPS) is 13.2. The van der Waals surface area contributed by atoms with E-state index in [1.54, 1.807) is 13.8 Å². The monoisotopic (exact) mass is 327 g/mol. The van der Waals surface area contributed by atoms with Gasteiger partial charge in [-0.2, -0.15) is 17.5 Å². The molecule has 0 aliphatic carbocycles. The van der Waals surface area contributed by atoms with Crippen molar-refractivity contribution in [2.75, 3.05) is 13.1 Å². The molecule has 0 bridgehead atoms. The number of hydrogen-bond donors (Lipinski definition) is 0. The molecule has 0 aromatic heterocycles. The van der Waals surface area contributed by atoms with Gasteiger partial charge in [0.1, 0.15) is 12.4 Å². The van der Waals surface area contributed by atoms with Gasteiger partial charge in [0.25, 0.3) is 0 Å². The second-order valence-corrected chi connectivity index (χ2v) is 7.12. The van der Waals surface area contributed by atoms with Crippen molar-refractivity contribution in [1.82, 2.24) is 4.31 Å². The Kier molecular flexibility index (Phi) is 5.38. The molecule has 1 rings (SSSR count). The minimum Gasteiger partial charge on any atom is -0.207 e.